The molecule has 0 atom stereocenters. The average Bonchev–Trinajstić information content (AvgIpc) is 2.24. The molecular formula is C18H30O3. The van der Waals surface area contributed by atoms with Crippen LogP contribution >= 0.6 is 0 Å². The molecule has 3 nitrogen and oxygen atoms in total. The Kier molecular flexibility index (Phi) is 6.04. The molecule has 0 saturated heterocycles. The third kappa shape index (κ3) is 5.07. The fraction of sp³-hybridized carbons (Fsp3) is 0.611. The van der Waals surface area contributed by atoms with Crippen molar-refractivity contribution in [1.29, 1.82) is 0 Å². The van der Waals surface area contributed by atoms with E-state index in [9.17, 15) is 9.90 Å². The third-order valence-electron chi connectivity index (χ3n) is 3.41. The molecular weight excluding hydrogens is 264 g/mol. The second-order valence-corrected chi connectivity index (χ2v) is 7.43. The van der Waals surface area contributed by atoms with Gasteiger partial charge in [-0.15, -0.1) is 0 Å². The largest absolute Gasteiger partial charge is 0.507 e. The molecule has 2 N–H and O–H groups in total. The standard InChI is InChI=1S/C17H26O3.CH4/c1-16(2,3)12-9-11(7-8-14(18)19)10-13(15(12)20)17(4,5)6;/h9-10,20H,7-8H2,1-6H3,(H,18,19);1H4. The number of carbonyl (C=O) groups is 1. The van der Waals surface area contributed by atoms with Gasteiger partial charge >= 0.3 is 5.97 Å². The minimum Gasteiger partial charge on any atom is -0.507 e. The lowest BCUT2D eigenvalue weighted by molar-refractivity contribution is -0.136. The number of hydrogen-bond donors (Lipinski definition) is 2. The predicted octanol–water partition coefficient (Wildman–Crippen LogP) is 4.64. The molecule has 0 bridgehead atoms. The monoisotopic (exact) mass is 294 g/mol. The van der Waals surface area contributed by atoms with E-state index in [4.69, 9.17) is 5.11 Å². The highest BCUT2D eigenvalue weighted by atomic mass is 16.4. The zero-order valence-corrected chi connectivity index (χ0v) is 13.4. The Morgan fingerprint density at radius 1 is 1.00 bits per heavy atom. The van der Waals surface area contributed by atoms with Crippen LogP contribution in [0.3, 0.4) is 0 Å². The zero-order valence-electron chi connectivity index (χ0n) is 13.4. The maximum Gasteiger partial charge on any atom is 0.303 e. The number of aliphatic carboxylic acids is 1. The van der Waals surface area contributed by atoms with Crippen LogP contribution in [0.4, 0.5) is 0 Å². The first-order chi connectivity index (χ1) is 8.93. The fourth-order valence-corrected chi connectivity index (χ4v) is 2.23. The Hall–Kier alpha value is -1.51. The van der Waals surface area contributed by atoms with Crippen molar-refractivity contribution in [1.82, 2.24) is 0 Å². The van der Waals surface area contributed by atoms with Crippen LogP contribution in [-0.4, -0.2) is 16.2 Å². The number of benzene rings is 1. The molecule has 0 saturated carbocycles. The molecule has 0 aromatic heterocycles. The lowest BCUT2D eigenvalue weighted by Gasteiger charge is -2.28. The molecule has 1 aromatic carbocycles. The van der Waals surface area contributed by atoms with Gasteiger partial charge in [0.1, 0.15) is 5.75 Å². The van der Waals surface area contributed by atoms with Crippen molar-refractivity contribution in [3.63, 3.8) is 0 Å². The SMILES string of the molecule is C.CC(C)(C)c1cc(CCC(=O)O)cc(C(C)(C)C)c1O. The Labute approximate surface area is 129 Å². The quantitative estimate of drug-likeness (QED) is 0.853. The number of phenolic OH excluding ortho intramolecular Hbond substituents is 1. The summed E-state index contributed by atoms with van der Waals surface area (Å²) in [6.07, 6.45) is 0.597. The maximum absolute atomic E-state index is 10.8. The van der Waals surface area contributed by atoms with Crippen LogP contribution in [0.5, 0.6) is 5.75 Å². The minimum absolute atomic E-state index is 0. The van der Waals surface area contributed by atoms with E-state index < -0.39 is 5.97 Å². The van der Waals surface area contributed by atoms with Gasteiger partial charge in [0.25, 0.3) is 0 Å². The molecule has 3 heteroatoms. The van der Waals surface area contributed by atoms with E-state index >= 15 is 0 Å². The molecule has 1 aromatic rings. The summed E-state index contributed by atoms with van der Waals surface area (Å²) in [6.45, 7) is 12.3. The summed E-state index contributed by atoms with van der Waals surface area (Å²) >= 11 is 0. The molecule has 0 fully saturated rings. The molecule has 1 rings (SSSR count). The molecule has 0 spiro atoms. The highest BCUT2D eigenvalue weighted by Gasteiger charge is 2.26. The van der Waals surface area contributed by atoms with Gasteiger partial charge in [0, 0.05) is 6.42 Å². The van der Waals surface area contributed by atoms with E-state index in [1.807, 2.05) is 12.1 Å². The van der Waals surface area contributed by atoms with Crippen molar-refractivity contribution in [2.45, 2.75) is 72.6 Å². The summed E-state index contributed by atoms with van der Waals surface area (Å²) in [5.41, 5.74) is 2.38. The average molecular weight is 294 g/mol. The number of hydrogen-bond acceptors (Lipinski definition) is 2. The first-order valence-corrected chi connectivity index (χ1v) is 7.01. The van der Waals surface area contributed by atoms with Crippen LogP contribution in [0.25, 0.3) is 0 Å². The van der Waals surface area contributed by atoms with Crippen LogP contribution < -0.4 is 0 Å². The number of carboxylic acid groups (broad SMARTS) is 1. The van der Waals surface area contributed by atoms with E-state index in [1.54, 1.807) is 0 Å². The summed E-state index contributed by atoms with van der Waals surface area (Å²) in [6, 6.07) is 3.88. The van der Waals surface area contributed by atoms with Crippen LogP contribution in [0.15, 0.2) is 12.1 Å². The molecule has 0 aliphatic rings. The third-order valence-corrected chi connectivity index (χ3v) is 3.41. The van der Waals surface area contributed by atoms with E-state index in [0.717, 1.165) is 16.7 Å². The number of aryl methyl sites for hydroxylation is 1. The second kappa shape index (κ2) is 6.50. The number of rotatable bonds is 3. The Balaban J connectivity index is 0.00000400. The number of phenols is 1. The molecule has 0 aliphatic carbocycles. The van der Waals surface area contributed by atoms with Crippen molar-refractivity contribution in [3.8, 4) is 5.75 Å². The van der Waals surface area contributed by atoms with Crippen molar-refractivity contribution in [2.24, 2.45) is 0 Å². The Bertz CT molecular complexity index is 467. The fourth-order valence-electron chi connectivity index (χ4n) is 2.23. The molecule has 0 amide bonds. The lowest BCUT2D eigenvalue weighted by Crippen LogP contribution is -2.18. The van der Waals surface area contributed by atoms with E-state index in [2.05, 4.69) is 41.5 Å². The molecule has 0 unspecified atom stereocenters. The Morgan fingerprint density at radius 2 is 1.38 bits per heavy atom. The van der Waals surface area contributed by atoms with Gasteiger partial charge in [-0.25, -0.2) is 0 Å². The van der Waals surface area contributed by atoms with Gasteiger partial charge in [-0.05, 0) is 33.9 Å². The summed E-state index contributed by atoms with van der Waals surface area (Å²) in [7, 11) is 0. The molecule has 120 valence electrons. The normalized spacial score (nSPS) is 11.9. The predicted molar refractivity (Wildman–Crippen MR) is 88.2 cm³/mol. The highest BCUT2D eigenvalue weighted by Crippen LogP contribution is 2.39. The number of aromatic hydroxyl groups is 1. The van der Waals surface area contributed by atoms with E-state index in [1.165, 1.54) is 0 Å². The first kappa shape index (κ1) is 19.5. The van der Waals surface area contributed by atoms with Crippen LogP contribution in [0.2, 0.25) is 0 Å². The van der Waals surface area contributed by atoms with Crippen molar-refractivity contribution >= 4 is 5.97 Å². The molecule has 0 heterocycles. The van der Waals surface area contributed by atoms with Crippen LogP contribution in [0, 0.1) is 0 Å². The number of carboxylic acids is 1. The van der Waals surface area contributed by atoms with Crippen molar-refractivity contribution < 1.29 is 15.0 Å². The maximum atomic E-state index is 10.8. The first-order valence-electron chi connectivity index (χ1n) is 7.01. The highest BCUT2D eigenvalue weighted by molar-refractivity contribution is 5.67. The van der Waals surface area contributed by atoms with Gasteiger partial charge in [-0.2, -0.15) is 0 Å². The summed E-state index contributed by atoms with van der Waals surface area (Å²) in [5.74, 6) is -0.461. The van der Waals surface area contributed by atoms with Gasteiger partial charge in [0.15, 0.2) is 0 Å². The van der Waals surface area contributed by atoms with Crippen LogP contribution in [0.1, 0.15) is 72.1 Å². The topological polar surface area (TPSA) is 57.5 Å². The molecule has 21 heavy (non-hydrogen) atoms. The van der Waals surface area contributed by atoms with Crippen molar-refractivity contribution in [2.75, 3.05) is 0 Å². The molecule has 0 aliphatic heterocycles. The van der Waals surface area contributed by atoms with Gasteiger partial charge in [0.05, 0.1) is 0 Å². The minimum atomic E-state index is -0.798. The van der Waals surface area contributed by atoms with Gasteiger partial charge in [0.2, 0.25) is 0 Å². The second-order valence-electron chi connectivity index (χ2n) is 7.43. The summed E-state index contributed by atoms with van der Waals surface area (Å²) < 4.78 is 0. The van der Waals surface area contributed by atoms with Crippen LogP contribution in [-0.2, 0) is 22.0 Å². The summed E-state index contributed by atoms with van der Waals surface area (Å²) in [5, 5.41) is 19.4. The smallest absolute Gasteiger partial charge is 0.303 e. The molecule has 0 radical (unpaired) electrons. The lowest BCUT2D eigenvalue weighted by atomic mass is 9.78. The van der Waals surface area contributed by atoms with Gasteiger partial charge in [-0.3, -0.25) is 4.79 Å². The summed E-state index contributed by atoms with van der Waals surface area (Å²) in [4.78, 5) is 10.8. The Morgan fingerprint density at radius 3 is 1.67 bits per heavy atom. The van der Waals surface area contributed by atoms with Gasteiger partial charge < -0.3 is 10.2 Å². The van der Waals surface area contributed by atoms with Crippen molar-refractivity contribution in [3.05, 3.63) is 28.8 Å². The van der Waals surface area contributed by atoms with E-state index in [-0.39, 0.29) is 24.7 Å². The van der Waals surface area contributed by atoms with E-state index in [0.29, 0.717) is 12.2 Å². The van der Waals surface area contributed by atoms with Gasteiger partial charge in [-0.1, -0.05) is 61.1 Å². The zero-order chi connectivity index (χ0) is 15.7.